The lowest BCUT2D eigenvalue weighted by molar-refractivity contribution is -0.384. The van der Waals surface area contributed by atoms with Gasteiger partial charge >= 0.3 is 0 Å². The predicted octanol–water partition coefficient (Wildman–Crippen LogP) is 1.99. The molecule has 0 saturated carbocycles. The van der Waals surface area contributed by atoms with Crippen LogP contribution in [0.2, 0.25) is 0 Å². The van der Waals surface area contributed by atoms with Crippen LogP contribution in [-0.2, 0) is 13.1 Å². The van der Waals surface area contributed by atoms with E-state index in [-0.39, 0.29) is 5.69 Å². The number of nitrogens with one attached hydrogen (secondary N) is 1. The van der Waals surface area contributed by atoms with Crippen LogP contribution < -0.4 is 5.32 Å². The summed E-state index contributed by atoms with van der Waals surface area (Å²) in [6.07, 6.45) is 2.06. The number of nitro groups is 1. The van der Waals surface area contributed by atoms with Gasteiger partial charge in [-0.05, 0) is 22.4 Å². The molecule has 1 aromatic carbocycles. The zero-order chi connectivity index (χ0) is 14.4. The van der Waals surface area contributed by atoms with E-state index in [0.717, 1.165) is 24.9 Å². The topological polar surface area (TPSA) is 98.8 Å². The smallest absolute Gasteiger partial charge is 0.269 e. The summed E-state index contributed by atoms with van der Waals surface area (Å²) in [5.74, 6) is 0.574. The summed E-state index contributed by atoms with van der Waals surface area (Å²) in [6.45, 7) is 3.29. The highest BCUT2D eigenvalue weighted by atomic mass is 16.6. The highest BCUT2D eigenvalue weighted by molar-refractivity contribution is 5.36. The molecule has 2 rings (SSSR count). The second kappa shape index (κ2) is 6.60. The zero-order valence-corrected chi connectivity index (χ0v) is 11.2. The Morgan fingerprint density at radius 3 is 3.05 bits per heavy atom. The Balaban J connectivity index is 2.00. The first-order chi connectivity index (χ1) is 9.70. The lowest BCUT2D eigenvalue weighted by Gasteiger charge is -2.06. The Kier molecular flexibility index (Phi) is 4.59. The monoisotopic (exact) mass is 276 g/mol. The minimum atomic E-state index is -0.408. The summed E-state index contributed by atoms with van der Waals surface area (Å²) < 4.78 is 1.70. The van der Waals surface area contributed by atoms with Crippen molar-refractivity contribution in [2.45, 2.75) is 32.9 Å². The molecule has 1 heterocycles. The summed E-state index contributed by atoms with van der Waals surface area (Å²) in [7, 11) is 0. The van der Waals surface area contributed by atoms with Gasteiger partial charge in [0.1, 0.15) is 0 Å². The third kappa shape index (κ3) is 3.50. The van der Waals surface area contributed by atoms with Crippen LogP contribution in [0, 0.1) is 10.1 Å². The first kappa shape index (κ1) is 13.9. The van der Waals surface area contributed by atoms with Crippen molar-refractivity contribution in [3.8, 4) is 0 Å². The van der Waals surface area contributed by atoms with Crippen LogP contribution in [0.3, 0.4) is 0 Å². The van der Waals surface area contributed by atoms with E-state index < -0.39 is 4.92 Å². The summed E-state index contributed by atoms with van der Waals surface area (Å²) in [4.78, 5) is 10.3. The van der Waals surface area contributed by atoms with E-state index in [1.807, 2.05) is 6.07 Å². The Morgan fingerprint density at radius 1 is 1.45 bits per heavy atom. The molecule has 0 aliphatic heterocycles. The number of anilines is 1. The fraction of sp³-hybridized carbons (Fsp3) is 0.417. The maximum Gasteiger partial charge on any atom is 0.269 e. The molecule has 0 bridgehead atoms. The molecule has 1 aromatic heterocycles. The molecule has 8 nitrogen and oxygen atoms in total. The van der Waals surface area contributed by atoms with Gasteiger partial charge in [-0.25, -0.2) is 4.68 Å². The van der Waals surface area contributed by atoms with Gasteiger partial charge in [0.15, 0.2) is 0 Å². The Morgan fingerprint density at radius 2 is 2.30 bits per heavy atom. The number of rotatable bonds is 7. The third-order valence-corrected chi connectivity index (χ3v) is 2.83. The summed E-state index contributed by atoms with van der Waals surface area (Å²) >= 11 is 0. The van der Waals surface area contributed by atoms with Crippen LogP contribution in [0.5, 0.6) is 0 Å². The average Bonchev–Trinajstić information content (AvgIpc) is 2.90. The normalized spacial score (nSPS) is 10.4. The van der Waals surface area contributed by atoms with Gasteiger partial charge in [0.25, 0.3) is 5.69 Å². The molecular formula is C12H16N6O2. The number of aryl methyl sites for hydroxylation is 1. The number of nitrogens with zero attached hydrogens (tertiary/aromatic N) is 5. The second-order valence-corrected chi connectivity index (χ2v) is 4.36. The lowest BCUT2D eigenvalue weighted by atomic mass is 10.2. The highest BCUT2D eigenvalue weighted by Gasteiger charge is 2.08. The van der Waals surface area contributed by atoms with E-state index in [4.69, 9.17) is 0 Å². The maximum atomic E-state index is 10.7. The standard InChI is InChI=1S/C12H16N6O2/c1-2-3-7-17-12(14-15-16-17)13-9-10-5-4-6-11(8-10)18(19)20/h4-6,8H,2-3,7,9H2,1H3,(H,13,14,16). The minimum absolute atomic E-state index is 0.0786. The first-order valence-corrected chi connectivity index (χ1v) is 6.44. The van der Waals surface area contributed by atoms with Crippen molar-refractivity contribution in [2.24, 2.45) is 0 Å². The molecule has 0 spiro atoms. The maximum absolute atomic E-state index is 10.7. The van der Waals surface area contributed by atoms with Gasteiger partial charge in [-0.3, -0.25) is 10.1 Å². The van der Waals surface area contributed by atoms with Crippen molar-refractivity contribution >= 4 is 11.6 Å². The van der Waals surface area contributed by atoms with E-state index in [1.54, 1.807) is 10.7 Å². The van der Waals surface area contributed by atoms with Gasteiger partial charge in [-0.2, -0.15) is 0 Å². The lowest BCUT2D eigenvalue weighted by Crippen LogP contribution is -2.09. The Bertz CT molecular complexity index is 583. The summed E-state index contributed by atoms with van der Waals surface area (Å²) in [5.41, 5.74) is 0.888. The molecule has 0 aliphatic rings. The van der Waals surface area contributed by atoms with Crippen LogP contribution in [0.25, 0.3) is 0 Å². The van der Waals surface area contributed by atoms with Gasteiger partial charge in [0, 0.05) is 25.2 Å². The van der Waals surface area contributed by atoms with E-state index in [0.29, 0.717) is 12.5 Å². The van der Waals surface area contributed by atoms with Crippen molar-refractivity contribution in [3.05, 3.63) is 39.9 Å². The number of non-ortho nitro benzene ring substituents is 1. The highest BCUT2D eigenvalue weighted by Crippen LogP contribution is 2.14. The fourth-order valence-corrected chi connectivity index (χ4v) is 1.75. The quantitative estimate of drug-likeness (QED) is 0.613. The molecule has 0 fully saturated rings. The van der Waals surface area contributed by atoms with Crippen LogP contribution in [-0.4, -0.2) is 25.1 Å². The molecule has 8 heteroatoms. The number of aromatic nitrogens is 4. The first-order valence-electron chi connectivity index (χ1n) is 6.44. The zero-order valence-electron chi connectivity index (χ0n) is 11.2. The largest absolute Gasteiger partial charge is 0.349 e. The molecule has 0 amide bonds. The van der Waals surface area contributed by atoms with Crippen LogP contribution in [0.15, 0.2) is 24.3 Å². The number of tetrazole rings is 1. The Hall–Kier alpha value is -2.51. The number of hydrogen-bond donors (Lipinski definition) is 1. The summed E-state index contributed by atoms with van der Waals surface area (Å²) in [6, 6.07) is 6.48. The minimum Gasteiger partial charge on any atom is -0.349 e. The molecule has 20 heavy (non-hydrogen) atoms. The predicted molar refractivity (Wildman–Crippen MR) is 73.1 cm³/mol. The van der Waals surface area contributed by atoms with Gasteiger partial charge in [0.2, 0.25) is 5.95 Å². The molecule has 0 saturated heterocycles. The number of hydrogen-bond acceptors (Lipinski definition) is 6. The molecule has 2 aromatic rings. The molecular weight excluding hydrogens is 260 g/mol. The van der Waals surface area contributed by atoms with Crippen molar-refractivity contribution in [1.82, 2.24) is 20.2 Å². The van der Waals surface area contributed by atoms with Crippen molar-refractivity contribution in [3.63, 3.8) is 0 Å². The summed E-state index contributed by atoms with van der Waals surface area (Å²) in [5, 5.41) is 25.2. The Labute approximate surface area is 115 Å². The fourth-order valence-electron chi connectivity index (χ4n) is 1.75. The van der Waals surface area contributed by atoms with E-state index >= 15 is 0 Å². The molecule has 0 radical (unpaired) electrons. The number of nitro benzene ring substituents is 1. The van der Waals surface area contributed by atoms with Gasteiger partial charge in [-0.1, -0.05) is 30.6 Å². The van der Waals surface area contributed by atoms with Crippen LogP contribution in [0.1, 0.15) is 25.3 Å². The molecule has 106 valence electrons. The van der Waals surface area contributed by atoms with E-state index in [2.05, 4.69) is 27.8 Å². The molecule has 1 N–H and O–H groups in total. The van der Waals surface area contributed by atoms with Gasteiger partial charge < -0.3 is 5.32 Å². The number of benzene rings is 1. The van der Waals surface area contributed by atoms with Crippen molar-refractivity contribution in [2.75, 3.05) is 5.32 Å². The molecule has 0 atom stereocenters. The third-order valence-electron chi connectivity index (χ3n) is 2.83. The van der Waals surface area contributed by atoms with Crippen LogP contribution >= 0.6 is 0 Å². The second-order valence-electron chi connectivity index (χ2n) is 4.36. The SMILES string of the molecule is CCCCn1nnnc1NCc1cccc([N+](=O)[O-])c1. The molecule has 0 unspecified atom stereocenters. The van der Waals surface area contributed by atoms with Crippen molar-refractivity contribution < 1.29 is 4.92 Å². The van der Waals surface area contributed by atoms with E-state index in [1.165, 1.54) is 12.1 Å². The van der Waals surface area contributed by atoms with Crippen LogP contribution in [0.4, 0.5) is 11.6 Å². The van der Waals surface area contributed by atoms with Gasteiger partial charge in [0.05, 0.1) is 4.92 Å². The molecule has 0 aliphatic carbocycles. The van der Waals surface area contributed by atoms with Crippen molar-refractivity contribution in [1.29, 1.82) is 0 Å². The van der Waals surface area contributed by atoms with E-state index in [9.17, 15) is 10.1 Å². The number of unbranched alkanes of at least 4 members (excludes halogenated alkanes) is 1. The average molecular weight is 276 g/mol. The van der Waals surface area contributed by atoms with Gasteiger partial charge in [-0.15, -0.1) is 0 Å².